The second-order valence-corrected chi connectivity index (χ2v) is 8.44. The van der Waals surface area contributed by atoms with Crippen molar-refractivity contribution in [2.45, 2.75) is 73.6 Å². The molecule has 2 nitrogen and oxygen atoms in total. The van der Waals surface area contributed by atoms with E-state index < -0.39 is 0 Å². The Hall–Kier alpha value is -0.530. The molecule has 1 fully saturated rings. The number of carbonyl (C=O) groups excluding carboxylic acids is 1. The van der Waals surface area contributed by atoms with Crippen LogP contribution < -0.4 is 0 Å². The molecule has 0 spiro atoms. The van der Waals surface area contributed by atoms with Gasteiger partial charge in [0.2, 0.25) is 5.91 Å². The fourth-order valence-electron chi connectivity index (χ4n) is 2.92. The van der Waals surface area contributed by atoms with Crippen LogP contribution in [-0.4, -0.2) is 23.9 Å². The summed E-state index contributed by atoms with van der Waals surface area (Å²) in [5.41, 5.74) is 0.737. The van der Waals surface area contributed by atoms with E-state index in [1.165, 1.54) is 12.8 Å². The van der Waals surface area contributed by atoms with Crippen molar-refractivity contribution in [3.63, 3.8) is 0 Å². The molecule has 0 atom stereocenters. The summed E-state index contributed by atoms with van der Waals surface area (Å²) in [6.45, 7) is 15.6. The molecule has 0 bridgehead atoms. The Morgan fingerprint density at radius 3 is 2.00 bits per heavy atom. The van der Waals surface area contributed by atoms with Crippen LogP contribution in [0.3, 0.4) is 0 Å². The van der Waals surface area contributed by atoms with Gasteiger partial charge in [-0.05, 0) is 42.4 Å². The topological polar surface area (TPSA) is 20.3 Å². The van der Waals surface area contributed by atoms with Crippen LogP contribution >= 0.6 is 0 Å². The molecule has 0 unspecified atom stereocenters. The number of likely N-dealkylation sites (tertiary alicyclic amines) is 1. The van der Waals surface area contributed by atoms with E-state index in [-0.39, 0.29) is 0 Å². The molecule has 19 heavy (non-hydrogen) atoms. The molecule has 1 heterocycles. The van der Waals surface area contributed by atoms with Crippen LogP contribution in [0.4, 0.5) is 0 Å². The Bertz CT molecular complexity index is 287. The van der Waals surface area contributed by atoms with Gasteiger partial charge in [0.15, 0.2) is 0 Å². The van der Waals surface area contributed by atoms with Gasteiger partial charge >= 0.3 is 0 Å². The first-order valence-corrected chi connectivity index (χ1v) is 7.87. The van der Waals surface area contributed by atoms with Crippen LogP contribution in [0.1, 0.15) is 73.6 Å². The van der Waals surface area contributed by atoms with E-state index in [1.807, 2.05) is 0 Å². The summed E-state index contributed by atoms with van der Waals surface area (Å²) in [5, 5.41) is 0. The molecular weight excluding hydrogens is 234 g/mol. The number of rotatable bonds is 3. The molecule has 1 aliphatic heterocycles. The zero-order valence-corrected chi connectivity index (χ0v) is 13.9. The number of hydrogen-bond acceptors (Lipinski definition) is 1. The third kappa shape index (κ3) is 5.97. The summed E-state index contributed by atoms with van der Waals surface area (Å²) < 4.78 is 0. The van der Waals surface area contributed by atoms with Gasteiger partial charge in [-0.25, -0.2) is 0 Å². The number of hydrogen-bond donors (Lipinski definition) is 0. The largest absolute Gasteiger partial charge is 0.343 e. The maximum absolute atomic E-state index is 12.2. The van der Waals surface area contributed by atoms with Gasteiger partial charge in [-0.1, -0.05) is 41.5 Å². The second-order valence-electron chi connectivity index (χ2n) is 8.44. The molecule has 1 amide bonds. The van der Waals surface area contributed by atoms with Crippen LogP contribution in [0.2, 0.25) is 0 Å². The van der Waals surface area contributed by atoms with E-state index in [0.717, 1.165) is 38.3 Å². The fourth-order valence-corrected chi connectivity index (χ4v) is 2.92. The quantitative estimate of drug-likeness (QED) is 0.738. The van der Waals surface area contributed by atoms with Crippen molar-refractivity contribution in [1.82, 2.24) is 4.90 Å². The van der Waals surface area contributed by atoms with E-state index in [2.05, 4.69) is 46.4 Å². The molecule has 0 radical (unpaired) electrons. The molecule has 112 valence electrons. The highest BCUT2D eigenvalue weighted by Crippen LogP contribution is 2.34. The summed E-state index contributed by atoms with van der Waals surface area (Å²) in [5.74, 6) is 1.14. The lowest BCUT2D eigenvalue weighted by atomic mass is 9.75. The minimum atomic E-state index is 0.347. The first-order valence-electron chi connectivity index (χ1n) is 7.87. The third-order valence-corrected chi connectivity index (χ3v) is 4.39. The van der Waals surface area contributed by atoms with Crippen LogP contribution in [0.5, 0.6) is 0 Å². The number of carbonyl (C=O) groups is 1. The Balaban J connectivity index is 2.29. The smallest absolute Gasteiger partial charge is 0.222 e. The predicted octanol–water partition coefficient (Wildman–Crippen LogP) is 4.49. The first-order chi connectivity index (χ1) is 8.59. The zero-order chi connectivity index (χ0) is 14.7. The summed E-state index contributed by atoms with van der Waals surface area (Å²) >= 11 is 0. The molecule has 0 aromatic heterocycles. The Morgan fingerprint density at radius 1 is 1.05 bits per heavy atom. The van der Waals surface area contributed by atoms with Gasteiger partial charge in [0.1, 0.15) is 0 Å². The molecule has 1 aliphatic rings. The lowest BCUT2D eigenvalue weighted by Crippen LogP contribution is -2.41. The second kappa shape index (κ2) is 6.28. The SMILES string of the molecule is CC(C)(C)CCCC(=O)N1CCC(C(C)(C)C)CC1. The van der Waals surface area contributed by atoms with Gasteiger partial charge in [-0.15, -0.1) is 0 Å². The molecule has 0 saturated carbocycles. The predicted molar refractivity (Wildman–Crippen MR) is 82.1 cm³/mol. The van der Waals surface area contributed by atoms with Gasteiger partial charge in [0, 0.05) is 19.5 Å². The van der Waals surface area contributed by atoms with Gasteiger partial charge in [0.05, 0.1) is 0 Å². The van der Waals surface area contributed by atoms with Gasteiger partial charge in [-0.2, -0.15) is 0 Å². The van der Waals surface area contributed by atoms with E-state index in [9.17, 15) is 4.79 Å². The van der Waals surface area contributed by atoms with Crippen LogP contribution in [0.25, 0.3) is 0 Å². The Morgan fingerprint density at radius 2 is 1.58 bits per heavy atom. The standard InChI is InChI=1S/C17H33NO/c1-16(2,3)11-7-8-15(19)18-12-9-14(10-13-18)17(4,5)6/h14H,7-13H2,1-6H3. The number of amides is 1. The first kappa shape index (κ1) is 16.5. The summed E-state index contributed by atoms with van der Waals surface area (Å²) in [6.07, 6.45) is 5.25. The molecule has 0 aromatic carbocycles. The van der Waals surface area contributed by atoms with E-state index in [4.69, 9.17) is 0 Å². The highest BCUT2D eigenvalue weighted by atomic mass is 16.2. The normalized spacial score (nSPS) is 18.7. The van der Waals surface area contributed by atoms with Crippen molar-refractivity contribution in [2.75, 3.05) is 13.1 Å². The molecule has 0 aromatic rings. The third-order valence-electron chi connectivity index (χ3n) is 4.39. The van der Waals surface area contributed by atoms with Crippen molar-refractivity contribution in [1.29, 1.82) is 0 Å². The summed E-state index contributed by atoms with van der Waals surface area (Å²) in [4.78, 5) is 14.3. The lowest BCUT2D eigenvalue weighted by molar-refractivity contribution is -0.133. The highest BCUT2D eigenvalue weighted by Gasteiger charge is 2.30. The maximum atomic E-state index is 12.2. The molecule has 1 rings (SSSR count). The van der Waals surface area contributed by atoms with Crippen molar-refractivity contribution in [2.24, 2.45) is 16.7 Å². The minimum absolute atomic E-state index is 0.347. The van der Waals surface area contributed by atoms with Crippen LogP contribution in [0.15, 0.2) is 0 Å². The van der Waals surface area contributed by atoms with Crippen LogP contribution in [-0.2, 0) is 4.79 Å². The van der Waals surface area contributed by atoms with Crippen molar-refractivity contribution < 1.29 is 4.79 Å². The van der Waals surface area contributed by atoms with E-state index in [0.29, 0.717) is 16.7 Å². The molecule has 0 aliphatic carbocycles. The van der Waals surface area contributed by atoms with E-state index >= 15 is 0 Å². The van der Waals surface area contributed by atoms with Crippen LogP contribution in [0, 0.1) is 16.7 Å². The van der Waals surface area contributed by atoms with Gasteiger partial charge in [-0.3, -0.25) is 4.79 Å². The van der Waals surface area contributed by atoms with E-state index in [1.54, 1.807) is 0 Å². The molecule has 1 saturated heterocycles. The molecule has 0 N–H and O–H groups in total. The average Bonchev–Trinajstić information content (AvgIpc) is 2.26. The average molecular weight is 267 g/mol. The van der Waals surface area contributed by atoms with Crippen molar-refractivity contribution in [3.05, 3.63) is 0 Å². The highest BCUT2D eigenvalue weighted by molar-refractivity contribution is 5.76. The number of piperidine rings is 1. The summed E-state index contributed by atoms with van der Waals surface area (Å²) in [6, 6.07) is 0. The molecular formula is C17H33NO. The van der Waals surface area contributed by atoms with Gasteiger partial charge < -0.3 is 4.90 Å². The number of nitrogens with zero attached hydrogens (tertiary/aromatic N) is 1. The monoisotopic (exact) mass is 267 g/mol. The van der Waals surface area contributed by atoms with Gasteiger partial charge in [0.25, 0.3) is 0 Å². The van der Waals surface area contributed by atoms with Crippen molar-refractivity contribution in [3.8, 4) is 0 Å². The maximum Gasteiger partial charge on any atom is 0.222 e. The van der Waals surface area contributed by atoms with Crippen molar-refractivity contribution >= 4 is 5.91 Å². The lowest BCUT2D eigenvalue weighted by Gasteiger charge is -2.38. The molecule has 2 heteroatoms. The zero-order valence-electron chi connectivity index (χ0n) is 13.9. The fraction of sp³-hybridized carbons (Fsp3) is 0.941. The Labute approximate surface area is 119 Å². The minimum Gasteiger partial charge on any atom is -0.343 e. The Kier molecular flexibility index (Phi) is 5.46. The summed E-state index contributed by atoms with van der Waals surface area (Å²) in [7, 11) is 0.